The molecule has 0 saturated carbocycles. The number of Topliss-reactive ketones (excluding diaryl/α,β-unsaturated/α-hetero) is 2. The molecule has 0 aliphatic rings. The third kappa shape index (κ3) is 9.40. The summed E-state index contributed by atoms with van der Waals surface area (Å²) in [5.41, 5.74) is 2.13. The summed E-state index contributed by atoms with van der Waals surface area (Å²) in [6, 6.07) is 17.5. The minimum Gasteiger partial charge on any atom is -0.356 e. The van der Waals surface area contributed by atoms with Crippen LogP contribution in [-0.2, 0) is 20.8 Å². The van der Waals surface area contributed by atoms with Crippen LogP contribution in [0.2, 0.25) is 0 Å². The summed E-state index contributed by atoms with van der Waals surface area (Å²) in [6.45, 7) is 7.82. The quantitative estimate of drug-likeness (QED) is 0.207. The van der Waals surface area contributed by atoms with Crippen LogP contribution in [0.1, 0.15) is 74.4 Å². The summed E-state index contributed by atoms with van der Waals surface area (Å²) in [7, 11) is 0. The lowest BCUT2D eigenvalue weighted by Crippen LogP contribution is -2.43. The zero-order valence-corrected chi connectivity index (χ0v) is 23.8. The van der Waals surface area contributed by atoms with Crippen LogP contribution in [-0.4, -0.2) is 35.5 Å². The molecule has 3 rings (SSSR count). The normalized spacial score (nSPS) is 12.1. The van der Waals surface area contributed by atoms with E-state index in [9.17, 15) is 23.6 Å². The molecule has 1 atom stereocenters. The molecule has 0 aliphatic heterocycles. The summed E-state index contributed by atoms with van der Waals surface area (Å²) >= 11 is 0. The van der Waals surface area contributed by atoms with Crippen molar-refractivity contribution in [3.63, 3.8) is 0 Å². The van der Waals surface area contributed by atoms with Crippen molar-refractivity contribution in [1.82, 2.24) is 10.6 Å². The van der Waals surface area contributed by atoms with Gasteiger partial charge in [0, 0.05) is 43.3 Å². The molecule has 2 N–H and O–H groups in total. The largest absolute Gasteiger partial charge is 0.356 e. The van der Waals surface area contributed by atoms with Crippen LogP contribution >= 0.6 is 0 Å². The summed E-state index contributed by atoms with van der Waals surface area (Å²) in [6.07, 6.45) is 1.14. The maximum absolute atomic E-state index is 13.2. The molecule has 0 fully saturated rings. The van der Waals surface area contributed by atoms with Gasteiger partial charge in [0.1, 0.15) is 11.6 Å². The van der Waals surface area contributed by atoms with E-state index in [0.717, 1.165) is 21.9 Å². The molecular weight excluding hydrogens is 507 g/mol. The number of benzene rings is 3. The predicted molar refractivity (Wildman–Crippen MR) is 156 cm³/mol. The number of carbonyl (C=O) groups excluding carboxylic acids is 4. The molecule has 0 bridgehead atoms. The van der Waals surface area contributed by atoms with Crippen LogP contribution < -0.4 is 10.6 Å². The highest BCUT2D eigenvalue weighted by molar-refractivity contribution is 6.08. The Balaban J connectivity index is 1.56. The minimum atomic E-state index is -0.820. The van der Waals surface area contributed by atoms with Gasteiger partial charge in [-0.25, -0.2) is 4.39 Å². The Morgan fingerprint density at radius 3 is 2.20 bits per heavy atom. The van der Waals surface area contributed by atoms with E-state index >= 15 is 0 Å². The first-order valence-electron chi connectivity index (χ1n) is 13.8. The number of rotatable bonds is 13. The lowest BCUT2D eigenvalue weighted by molar-refractivity contribution is -0.133. The molecule has 212 valence electrons. The maximum Gasteiger partial charge on any atom is 0.224 e. The molecule has 2 amide bonds. The van der Waals surface area contributed by atoms with Gasteiger partial charge in [0.15, 0.2) is 5.78 Å². The fourth-order valence-corrected chi connectivity index (χ4v) is 4.69. The maximum atomic E-state index is 13.2. The van der Waals surface area contributed by atoms with E-state index < -0.39 is 11.5 Å². The van der Waals surface area contributed by atoms with E-state index in [2.05, 4.69) is 10.6 Å². The fraction of sp³-hybridized carbons (Fsp3) is 0.394. The summed E-state index contributed by atoms with van der Waals surface area (Å²) in [5.74, 6) is -1.99. The van der Waals surface area contributed by atoms with Crippen LogP contribution in [0.25, 0.3) is 10.8 Å². The SMILES string of the molecule is Cc1ccc(C(=O)CCCNC(=O)[C@@H](CC(=O)CCc2ccc(F)cc2)CC(=O)NC(C)(C)C)c2ccccc12. The standard InChI is InChI=1S/C33H39FN2O4/c1-22-11-18-29(28-9-6-5-8-27(22)28)30(38)10-7-19-35-32(40)24(21-31(39)36-33(2,3)4)20-26(37)17-14-23-12-15-25(34)16-13-23/h5-6,8-9,11-13,15-16,18,24H,7,10,14,17,19-21H2,1-4H3,(H,35,40)(H,36,39)/t24-/m0/s1. The molecule has 3 aromatic carbocycles. The van der Waals surface area contributed by atoms with Gasteiger partial charge in [-0.1, -0.05) is 48.5 Å². The smallest absolute Gasteiger partial charge is 0.224 e. The second-order valence-electron chi connectivity index (χ2n) is 11.4. The Hall–Kier alpha value is -3.87. The number of hydrogen-bond acceptors (Lipinski definition) is 4. The Labute approximate surface area is 235 Å². The average Bonchev–Trinajstić information content (AvgIpc) is 2.89. The Kier molecular flexibility index (Phi) is 10.7. The van der Waals surface area contributed by atoms with Gasteiger partial charge < -0.3 is 10.6 Å². The van der Waals surface area contributed by atoms with Crippen molar-refractivity contribution >= 4 is 34.2 Å². The van der Waals surface area contributed by atoms with E-state index in [1.165, 1.54) is 12.1 Å². The first-order chi connectivity index (χ1) is 18.9. The van der Waals surface area contributed by atoms with Gasteiger partial charge in [-0.3, -0.25) is 19.2 Å². The number of carbonyl (C=O) groups is 4. The van der Waals surface area contributed by atoms with Crippen LogP contribution in [0.15, 0.2) is 60.7 Å². The van der Waals surface area contributed by atoms with Crippen molar-refractivity contribution in [2.24, 2.45) is 5.92 Å². The zero-order chi connectivity index (χ0) is 29.3. The molecule has 6 nitrogen and oxygen atoms in total. The monoisotopic (exact) mass is 546 g/mol. The van der Waals surface area contributed by atoms with E-state index in [1.807, 2.05) is 64.1 Å². The zero-order valence-electron chi connectivity index (χ0n) is 23.8. The van der Waals surface area contributed by atoms with Gasteiger partial charge in [-0.05, 0) is 74.6 Å². The highest BCUT2D eigenvalue weighted by atomic mass is 19.1. The minimum absolute atomic E-state index is 0.00234. The lowest BCUT2D eigenvalue weighted by Gasteiger charge is -2.23. The second-order valence-corrected chi connectivity index (χ2v) is 11.4. The fourth-order valence-electron chi connectivity index (χ4n) is 4.69. The van der Waals surface area contributed by atoms with Gasteiger partial charge >= 0.3 is 0 Å². The molecule has 0 aliphatic carbocycles. The van der Waals surface area contributed by atoms with Crippen molar-refractivity contribution in [1.29, 1.82) is 0 Å². The second kappa shape index (κ2) is 14.0. The molecule has 3 aromatic rings. The Morgan fingerprint density at radius 2 is 1.52 bits per heavy atom. The van der Waals surface area contributed by atoms with Gasteiger partial charge in [0.25, 0.3) is 0 Å². The summed E-state index contributed by atoms with van der Waals surface area (Å²) in [4.78, 5) is 51.3. The number of ketones is 2. The Bertz CT molecular complexity index is 1360. The first kappa shape index (κ1) is 30.7. The highest BCUT2D eigenvalue weighted by Crippen LogP contribution is 2.24. The third-order valence-corrected chi connectivity index (χ3v) is 6.72. The topological polar surface area (TPSA) is 92.3 Å². The Morgan fingerprint density at radius 1 is 0.850 bits per heavy atom. The van der Waals surface area contributed by atoms with Crippen molar-refractivity contribution in [2.75, 3.05) is 6.54 Å². The lowest BCUT2D eigenvalue weighted by atomic mass is 9.93. The molecule has 0 aromatic heterocycles. The number of nitrogens with one attached hydrogen (secondary N) is 2. The number of amides is 2. The van der Waals surface area contributed by atoms with Gasteiger partial charge in [0.2, 0.25) is 11.8 Å². The van der Waals surface area contributed by atoms with E-state index in [1.54, 1.807) is 12.1 Å². The van der Waals surface area contributed by atoms with Crippen molar-refractivity contribution in [3.05, 3.63) is 83.2 Å². The first-order valence-corrected chi connectivity index (χ1v) is 13.8. The van der Waals surface area contributed by atoms with Gasteiger partial charge in [-0.2, -0.15) is 0 Å². The number of aryl methyl sites for hydroxylation is 2. The molecular formula is C33H39FN2O4. The van der Waals surface area contributed by atoms with Gasteiger partial charge in [-0.15, -0.1) is 0 Å². The molecule has 0 spiro atoms. The van der Waals surface area contributed by atoms with Crippen LogP contribution in [0.4, 0.5) is 4.39 Å². The molecule has 7 heteroatoms. The van der Waals surface area contributed by atoms with E-state index in [-0.39, 0.29) is 61.4 Å². The number of hydrogen-bond donors (Lipinski definition) is 2. The molecule has 0 unspecified atom stereocenters. The molecule has 0 radical (unpaired) electrons. The highest BCUT2D eigenvalue weighted by Gasteiger charge is 2.26. The van der Waals surface area contributed by atoms with Crippen molar-refractivity contribution in [2.45, 2.75) is 71.8 Å². The van der Waals surface area contributed by atoms with Crippen LogP contribution in [0.5, 0.6) is 0 Å². The summed E-state index contributed by atoms with van der Waals surface area (Å²) < 4.78 is 13.2. The van der Waals surface area contributed by atoms with Crippen molar-refractivity contribution in [3.8, 4) is 0 Å². The van der Waals surface area contributed by atoms with Crippen LogP contribution in [0, 0.1) is 18.7 Å². The van der Waals surface area contributed by atoms with E-state index in [0.29, 0.717) is 18.4 Å². The summed E-state index contributed by atoms with van der Waals surface area (Å²) in [5, 5.41) is 7.63. The molecule has 0 heterocycles. The van der Waals surface area contributed by atoms with E-state index in [4.69, 9.17) is 0 Å². The predicted octanol–water partition coefficient (Wildman–Crippen LogP) is 5.88. The van der Waals surface area contributed by atoms with Gasteiger partial charge in [0.05, 0.1) is 5.92 Å². The average molecular weight is 547 g/mol. The third-order valence-electron chi connectivity index (χ3n) is 6.72. The molecule has 40 heavy (non-hydrogen) atoms. The number of halogens is 1. The number of fused-ring (bicyclic) bond motifs is 1. The van der Waals surface area contributed by atoms with Crippen molar-refractivity contribution < 1.29 is 23.6 Å². The van der Waals surface area contributed by atoms with Crippen LogP contribution in [0.3, 0.4) is 0 Å². The molecule has 0 saturated heterocycles.